The summed E-state index contributed by atoms with van der Waals surface area (Å²) < 4.78 is 11.0. The van der Waals surface area contributed by atoms with Gasteiger partial charge in [-0.15, -0.1) is 0 Å². The first-order valence-electron chi connectivity index (χ1n) is 22.3. The topological polar surface area (TPSA) is 294 Å². The molecule has 10 N–H and O–H groups in total. The number of fused-ring (bicyclic) bond motifs is 1. The van der Waals surface area contributed by atoms with Crippen molar-refractivity contribution in [3.63, 3.8) is 0 Å². The number of aromatic amines is 1. The summed E-state index contributed by atoms with van der Waals surface area (Å²) in [7, 11) is 0. The van der Waals surface area contributed by atoms with E-state index in [4.69, 9.17) is 15.2 Å². The largest absolute Gasteiger partial charge is 0.480 e. The average molecular weight is 894 g/mol. The Bertz CT molecular complexity index is 1960. The Hall–Kier alpha value is -6.15. The molecule has 3 rings (SSSR count). The number of H-pyrrole nitrogens is 1. The van der Waals surface area contributed by atoms with E-state index in [9.17, 15) is 33.9 Å². The minimum absolute atomic E-state index is 0.00774. The van der Waals surface area contributed by atoms with E-state index in [1.54, 1.807) is 12.1 Å². The summed E-state index contributed by atoms with van der Waals surface area (Å²) in [6, 6.07) is 4.94. The van der Waals surface area contributed by atoms with Crippen LogP contribution in [0.5, 0.6) is 0 Å². The third kappa shape index (κ3) is 22.8. The van der Waals surface area contributed by atoms with E-state index in [1.807, 2.05) is 0 Å². The van der Waals surface area contributed by atoms with Crippen LogP contribution in [0.1, 0.15) is 113 Å². The van der Waals surface area contributed by atoms with Crippen LogP contribution in [0.4, 0.5) is 16.4 Å². The van der Waals surface area contributed by atoms with E-state index in [0.29, 0.717) is 50.7 Å². The molecule has 1 aromatic carbocycles. The number of ether oxygens (including phenoxy) is 2. The van der Waals surface area contributed by atoms with Crippen LogP contribution in [0.15, 0.2) is 47.4 Å². The number of anilines is 2. The summed E-state index contributed by atoms with van der Waals surface area (Å²) in [5.41, 5.74) is 6.54. The van der Waals surface area contributed by atoms with Gasteiger partial charge in [0.25, 0.3) is 11.5 Å². The predicted molar refractivity (Wildman–Crippen MR) is 244 cm³/mol. The number of hydrogen-bond donors (Lipinski definition) is 9. The molecule has 2 heterocycles. The number of unbranched alkanes of at least 4 members (excludes halogenated alkanes) is 8. The molecule has 3 aromatic rings. The number of rotatable bonds is 34. The summed E-state index contributed by atoms with van der Waals surface area (Å²) in [6.07, 6.45) is 17.5. The zero-order valence-corrected chi connectivity index (χ0v) is 37.0. The molecule has 0 aliphatic heterocycles. The van der Waals surface area contributed by atoms with Gasteiger partial charge in [0, 0.05) is 50.3 Å². The third-order valence-corrected chi connectivity index (χ3v) is 9.72. The fourth-order valence-electron chi connectivity index (χ4n) is 6.15. The average Bonchev–Trinajstić information content (AvgIpc) is 3.28. The Morgan fingerprint density at radius 3 is 2.05 bits per heavy atom. The maximum atomic E-state index is 12.8. The second kappa shape index (κ2) is 31.7. The molecule has 20 nitrogen and oxygen atoms in total. The number of aliphatic carboxylic acids is 1. The Morgan fingerprint density at radius 1 is 0.766 bits per heavy atom. The van der Waals surface area contributed by atoms with Crippen LogP contribution >= 0.6 is 0 Å². The van der Waals surface area contributed by atoms with Gasteiger partial charge in [-0.25, -0.2) is 19.6 Å². The fraction of sp³-hybridized carbons (Fsp3) is 0.568. The zero-order chi connectivity index (χ0) is 46.2. The molecule has 0 saturated carbocycles. The van der Waals surface area contributed by atoms with Crippen molar-refractivity contribution >= 4 is 52.5 Å². The molecule has 2 aromatic heterocycles. The summed E-state index contributed by atoms with van der Waals surface area (Å²) in [4.78, 5) is 87.5. The predicted octanol–water partition coefficient (Wildman–Crippen LogP) is 3.69. The first-order valence-corrected chi connectivity index (χ1v) is 22.3. The normalized spacial score (nSPS) is 11.6. The minimum Gasteiger partial charge on any atom is -0.480 e. The first kappa shape index (κ1) is 52.2. The summed E-state index contributed by atoms with van der Waals surface area (Å²) in [5.74, 6) is -2.31. The van der Waals surface area contributed by atoms with Crippen LogP contribution in [-0.4, -0.2) is 113 Å². The SMILES string of the molecule is CCCCCNC(=O)NCCCC/C=C\CCCCCCC(=O)NCCOCCOCCNC(=O)CCC(NC(=O)c1ccc(NCc2cnc3nc(N)[nH]c(=O)c3n2)cc1)C(=O)O. The van der Waals surface area contributed by atoms with Gasteiger partial charge in [-0.3, -0.25) is 24.2 Å². The highest BCUT2D eigenvalue weighted by Gasteiger charge is 2.22. The van der Waals surface area contributed by atoms with E-state index < -0.39 is 23.5 Å². The molecule has 20 heteroatoms. The number of nitrogens with zero attached hydrogens (tertiary/aromatic N) is 3. The lowest BCUT2D eigenvalue weighted by molar-refractivity contribution is -0.139. The molecule has 5 amide bonds. The van der Waals surface area contributed by atoms with Gasteiger partial charge in [-0.1, -0.05) is 44.8 Å². The number of benzene rings is 1. The van der Waals surface area contributed by atoms with Crippen LogP contribution in [-0.2, 0) is 30.4 Å². The standard InChI is InChI=1S/C44H67N11O9/c1-2-3-13-22-48-44(62)49-23-14-11-9-7-5-4-6-8-10-12-15-36(56)46-24-26-63-28-29-64-27-25-47-37(57)21-20-35(42(60)61)53-40(58)32-16-18-33(19-17-32)50-30-34-31-51-39-38(52-34)41(59)55-43(45)54-39/h5,7,16-19,31,35,50H,2-4,6,8-15,20-30H2,1H3,(H,46,56)(H,47,57)(H,53,58)(H,60,61)(H2,48,49,62)(H3,45,51,54,55,59)/b7-5-. The molecule has 0 radical (unpaired) electrons. The van der Waals surface area contributed by atoms with Crippen molar-refractivity contribution in [2.75, 3.05) is 63.7 Å². The number of carbonyl (C=O) groups is 5. The van der Waals surface area contributed by atoms with E-state index in [0.717, 1.165) is 77.2 Å². The molecule has 0 spiro atoms. The number of nitrogens with two attached hydrogens (primary N) is 1. The number of aromatic nitrogens is 4. The van der Waals surface area contributed by atoms with E-state index in [2.05, 4.69) is 70.9 Å². The molecule has 1 unspecified atom stereocenters. The minimum atomic E-state index is -1.28. The second-order valence-electron chi connectivity index (χ2n) is 15.1. The highest BCUT2D eigenvalue weighted by atomic mass is 16.5. The van der Waals surface area contributed by atoms with Gasteiger partial charge in [0.15, 0.2) is 11.2 Å². The lowest BCUT2D eigenvalue weighted by Crippen LogP contribution is -2.41. The Labute approximate surface area is 374 Å². The van der Waals surface area contributed by atoms with Crippen LogP contribution in [0.3, 0.4) is 0 Å². The number of nitrogen functional groups attached to an aromatic ring is 1. The van der Waals surface area contributed by atoms with Gasteiger partial charge in [-0.05, 0) is 75.6 Å². The van der Waals surface area contributed by atoms with Crippen molar-refractivity contribution in [3.8, 4) is 0 Å². The number of carbonyl (C=O) groups excluding carboxylic acids is 4. The maximum Gasteiger partial charge on any atom is 0.326 e. The zero-order valence-electron chi connectivity index (χ0n) is 37.0. The highest BCUT2D eigenvalue weighted by molar-refractivity contribution is 5.97. The highest BCUT2D eigenvalue weighted by Crippen LogP contribution is 2.13. The molecule has 0 aliphatic carbocycles. The quantitative estimate of drug-likeness (QED) is 0.0305. The van der Waals surface area contributed by atoms with Crippen LogP contribution in [0.25, 0.3) is 11.2 Å². The lowest BCUT2D eigenvalue weighted by Gasteiger charge is -2.15. The molecule has 0 fully saturated rings. The number of allylic oxidation sites excluding steroid dienone is 2. The van der Waals surface area contributed by atoms with Crippen molar-refractivity contribution in [2.45, 2.75) is 109 Å². The van der Waals surface area contributed by atoms with Crippen molar-refractivity contribution in [2.24, 2.45) is 0 Å². The monoisotopic (exact) mass is 894 g/mol. The van der Waals surface area contributed by atoms with Gasteiger partial charge in [-0.2, -0.15) is 4.98 Å². The molecule has 1 atom stereocenters. The number of carboxylic acids is 1. The van der Waals surface area contributed by atoms with Crippen LogP contribution in [0, 0.1) is 0 Å². The molecular formula is C44H67N11O9. The molecule has 352 valence electrons. The van der Waals surface area contributed by atoms with E-state index >= 15 is 0 Å². The molecule has 0 saturated heterocycles. The van der Waals surface area contributed by atoms with Crippen LogP contribution in [0.2, 0.25) is 0 Å². The maximum absolute atomic E-state index is 12.8. The van der Waals surface area contributed by atoms with E-state index in [1.165, 1.54) is 18.3 Å². The van der Waals surface area contributed by atoms with E-state index in [-0.39, 0.29) is 73.1 Å². The van der Waals surface area contributed by atoms with Crippen molar-refractivity contribution < 1.29 is 38.6 Å². The molecular weight excluding hydrogens is 827 g/mol. The van der Waals surface area contributed by atoms with Crippen LogP contribution < -0.4 is 43.2 Å². The lowest BCUT2D eigenvalue weighted by atomic mass is 10.1. The summed E-state index contributed by atoms with van der Waals surface area (Å²) >= 11 is 0. The number of nitrogens with one attached hydrogen (secondary N) is 7. The molecule has 0 bridgehead atoms. The second-order valence-corrected chi connectivity index (χ2v) is 15.1. The number of amides is 5. The summed E-state index contributed by atoms with van der Waals surface area (Å²) in [5, 5.41) is 26.5. The first-order chi connectivity index (χ1) is 31.0. The van der Waals surface area contributed by atoms with Crippen molar-refractivity contribution in [1.29, 1.82) is 0 Å². The number of urea groups is 1. The number of hydrogen-bond acceptors (Lipinski definition) is 13. The fourth-order valence-corrected chi connectivity index (χ4v) is 6.15. The molecule has 64 heavy (non-hydrogen) atoms. The summed E-state index contributed by atoms with van der Waals surface area (Å²) in [6.45, 7) is 5.63. The molecule has 0 aliphatic rings. The third-order valence-electron chi connectivity index (χ3n) is 9.72. The Balaban J connectivity index is 1.12. The van der Waals surface area contributed by atoms with Crippen molar-refractivity contribution in [3.05, 3.63) is 64.2 Å². The smallest absolute Gasteiger partial charge is 0.326 e. The van der Waals surface area contributed by atoms with Gasteiger partial charge in [0.05, 0.1) is 44.9 Å². The van der Waals surface area contributed by atoms with Gasteiger partial charge in [0.1, 0.15) is 6.04 Å². The van der Waals surface area contributed by atoms with Gasteiger partial charge in [0.2, 0.25) is 17.8 Å². The number of carboxylic acid groups (broad SMARTS) is 1. The Morgan fingerprint density at radius 2 is 1.39 bits per heavy atom. The van der Waals surface area contributed by atoms with Gasteiger partial charge >= 0.3 is 12.0 Å². The van der Waals surface area contributed by atoms with Crippen molar-refractivity contribution in [1.82, 2.24) is 46.5 Å². The van der Waals surface area contributed by atoms with Gasteiger partial charge < -0.3 is 52.2 Å². The Kier molecular flexibility index (Phi) is 25.8.